The monoisotopic (exact) mass is 228 g/mol. The van der Waals surface area contributed by atoms with Crippen molar-refractivity contribution in [1.29, 1.82) is 0 Å². The average molecular weight is 228 g/mol. The molecule has 1 heterocycles. The van der Waals surface area contributed by atoms with Gasteiger partial charge < -0.3 is 20.6 Å². The Morgan fingerprint density at radius 1 is 1.38 bits per heavy atom. The first kappa shape index (κ1) is 12.2. The molecule has 88 valence electrons. The quantitative estimate of drug-likeness (QED) is 0.414. The van der Waals surface area contributed by atoms with Crippen LogP contribution in [0.3, 0.4) is 0 Å². The van der Waals surface area contributed by atoms with E-state index >= 15 is 0 Å². The predicted octanol–water partition coefficient (Wildman–Crippen LogP) is -1.84. The molecule has 0 bridgehead atoms. The smallest absolute Gasteiger partial charge is 0.252 e. The summed E-state index contributed by atoms with van der Waals surface area (Å²) in [6.45, 7) is -0.838. The second-order valence-electron chi connectivity index (χ2n) is 3.15. The van der Waals surface area contributed by atoms with E-state index in [0.29, 0.717) is 0 Å². The van der Waals surface area contributed by atoms with E-state index in [1.807, 2.05) is 0 Å². The Morgan fingerprint density at radius 3 is 2.50 bits per heavy atom. The van der Waals surface area contributed by atoms with Gasteiger partial charge in [-0.2, -0.15) is 0 Å². The highest BCUT2D eigenvalue weighted by molar-refractivity contribution is 5.94. The first-order valence-corrected chi connectivity index (χ1v) is 4.52. The molecule has 1 rings (SSSR count). The van der Waals surface area contributed by atoms with Crippen LogP contribution in [0.2, 0.25) is 0 Å². The first-order chi connectivity index (χ1) is 7.56. The molecular weight excluding hydrogens is 216 g/mol. The highest BCUT2D eigenvalue weighted by atomic mass is 16.3. The van der Waals surface area contributed by atoms with Crippen LogP contribution in [0.15, 0.2) is 16.9 Å². The zero-order valence-electron chi connectivity index (χ0n) is 8.30. The standard InChI is InChI=1S/C9H12N2O5/c12-3-6(4-13)10-9(16)5-1-7(14)11-8(15)2-5/h1-2,6,12-13H,3-4H2,(H,10,16)(H2,11,14,15). The lowest BCUT2D eigenvalue weighted by Crippen LogP contribution is -2.40. The number of aromatic amines is 1. The third-order valence-electron chi connectivity index (χ3n) is 1.87. The second kappa shape index (κ2) is 5.29. The molecule has 0 unspecified atom stereocenters. The molecule has 16 heavy (non-hydrogen) atoms. The van der Waals surface area contributed by atoms with Gasteiger partial charge in [0.2, 0.25) is 0 Å². The van der Waals surface area contributed by atoms with Crippen LogP contribution >= 0.6 is 0 Å². The van der Waals surface area contributed by atoms with Gasteiger partial charge in [-0.25, -0.2) is 0 Å². The van der Waals surface area contributed by atoms with E-state index in [0.717, 1.165) is 12.1 Å². The fraction of sp³-hybridized carbons (Fsp3) is 0.333. The maximum absolute atomic E-state index is 11.5. The zero-order chi connectivity index (χ0) is 12.1. The molecule has 7 nitrogen and oxygen atoms in total. The van der Waals surface area contributed by atoms with Gasteiger partial charge in [0, 0.05) is 12.1 Å². The highest BCUT2D eigenvalue weighted by Crippen LogP contribution is 2.04. The lowest BCUT2D eigenvalue weighted by atomic mass is 10.2. The normalized spacial score (nSPS) is 10.4. The Labute approximate surface area is 90.4 Å². The molecule has 0 spiro atoms. The van der Waals surface area contributed by atoms with Crippen LogP contribution in [0.1, 0.15) is 10.4 Å². The summed E-state index contributed by atoms with van der Waals surface area (Å²) in [7, 11) is 0. The molecule has 5 N–H and O–H groups in total. The SMILES string of the molecule is O=C(NC(CO)CO)c1cc(O)[nH]c(=O)c1. The van der Waals surface area contributed by atoms with Gasteiger partial charge in [0.25, 0.3) is 11.5 Å². The van der Waals surface area contributed by atoms with Gasteiger partial charge in [-0.05, 0) is 0 Å². The zero-order valence-corrected chi connectivity index (χ0v) is 8.30. The van der Waals surface area contributed by atoms with Crippen LogP contribution in [0.25, 0.3) is 0 Å². The topological polar surface area (TPSA) is 123 Å². The summed E-state index contributed by atoms with van der Waals surface area (Å²) < 4.78 is 0. The minimum Gasteiger partial charge on any atom is -0.494 e. The van der Waals surface area contributed by atoms with Crippen LogP contribution in [-0.2, 0) is 0 Å². The molecule has 1 aromatic rings. The Kier molecular flexibility index (Phi) is 4.03. The van der Waals surface area contributed by atoms with Crippen LogP contribution < -0.4 is 10.9 Å². The summed E-state index contributed by atoms with van der Waals surface area (Å²) in [5, 5.41) is 28.8. The number of carbonyl (C=O) groups excluding carboxylic acids is 1. The molecular formula is C9H12N2O5. The molecule has 0 atom stereocenters. The van der Waals surface area contributed by atoms with Gasteiger partial charge in [0.1, 0.15) is 0 Å². The fourth-order valence-electron chi connectivity index (χ4n) is 1.08. The third kappa shape index (κ3) is 3.07. The summed E-state index contributed by atoms with van der Waals surface area (Å²) in [6.07, 6.45) is 0. The number of aliphatic hydroxyl groups excluding tert-OH is 2. The molecule has 0 aliphatic carbocycles. The van der Waals surface area contributed by atoms with Crippen LogP contribution in [-0.4, -0.2) is 45.5 Å². The minimum atomic E-state index is -0.797. The van der Waals surface area contributed by atoms with Crippen LogP contribution in [0.4, 0.5) is 0 Å². The molecule has 0 aliphatic rings. The molecule has 0 saturated carbocycles. The van der Waals surface area contributed by atoms with E-state index in [2.05, 4.69) is 10.3 Å². The van der Waals surface area contributed by atoms with Gasteiger partial charge in [-0.15, -0.1) is 0 Å². The first-order valence-electron chi connectivity index (χ1n) is 4.52. The van der Waals surface area contributed by atoms with E-state index in [1.165, 1.54) is 0 Å². The number of amides is 1. The van der Waals surface area contributed by atoms with Crippen molar-refractivity contribution in [1.82, 2.24) is 10.3 Å². The van der Waals surface area contributed by atoms with Gasteiger partial charge in [0.15, 0.2) is 5.88 Å². The number of rotatable bonds is 4. The Morgan fingerprint density at radius 2 is 2.00 bits per heavy atom. The van der Waals surface area contributed by atoms with E-state index in [-0.39, 0.29) is 5.56 Å². The molecule has 0 aromatic carbocycles. The van der Waals surface area contributed by atoms with E-state index < -0.39 is 36.6 Å². The van der Waals surface area contributed by atoms with Gasteiger partial charge in [-0.3, -0.25) is 14.6 Å². The summed E-state index contributed by atoms with van der Waals surface area (Å²) in [4.78, 5) is 24.5. The van der Waals surface area contributed by atoms with Gasteiger partial charge in [0.05, 0.1) is 24.8 Å². The Balaban J connectivity index is 2.84. The Hall–Kier alpha value is -1.86. The molecule has 1 amide bonds. The number of nitrogens with one attached hydrogen (secondary N) is 2. The van der Waals surface area contributed by atoms with Crippen molar-refractivity contribution < 1.29 is 20.1 Å². The molecule has 1 aromatic heterocycles. The molecule has 0 fully saturated rings. The lowest BCUT2D eigenvalue weighted by molar-refractivity contribution is 0.0878. The summed E-state index contributed by atoms with van der Waals surface area (Å²) >= 11 is 0. The number of hydrogen-bond donors (Lipinski definition) is 5. The van der Waals surface area contributed by atoms with Crippen LogP contribution in [0.5, 0.6) is 5.88 Å². The van der Waals surface area contributed by atoms with Gasteiger partial charge >= 0.3 is 0 Å². The number of aromatic hydroxyl groups is 1. The summed E-state index contributed by atoms with van der Waals surface area (Å²) in [5.74, 6) is -1.09. The molecule has 7 heteroatoms. The van der Waals surface area contributed by atoms with Crippen molar-refractivity contribution in [2.45, 2.75) is 6.04 Å². The minimum absolute atomic E-state index is 0.0480. The van der Waals surface area contributed by atoms with Crippen molar-refractivity contribution in [2.24, 2.45) is 0 Å². The van der Waals surface area contributed by atoms with Crippen molar-refractivity contribution in [3.8, 4) is 5.88 Å². The number of aliphatic hydroxyl groups is 2. The van der Waals surface area contributed by atoms with Crippen molar-refractivity contribution in [3.63, 3.8) is 0 Å². The number of pyridine rings is 1. The van der Waals surface area contributed by atoms with Crippen LogP contribution in [0, 0.1) is 0 Å². The highest BCUT2D eigenvalue weighted by Gasteiger charge is 2.13. The molecule has 0 radical (unpaired) electrons. The fourth-order valence-corrected chi connectivity index (χ4v) is 1.08. The predicted molar refractivity (Wildman–Crippen MR) is 54.2 cm³/mol. The number of hydrogen-bond acceptors (Lipinski definition) is 5. The van der Waals surface area contributed by atoms with Crippen molar-refractivity contribution in [3.05, 3.63) is 28.0 Å². The Bertz CT molecular complexity index is 424. The average Bonchev–Trinajstić information content (AvgIpc) is 2.24. The molecule has 0 saturated heterocycles. The maximum atomic E-state index is 11.5. The number of aromatic nitrogens is 1. The van der Waals surface area contributed by atoms with Gasteiger partial charge in [-0.1, -0.05) is 0 Å². The summed E-state index contributed by atoms with van der Waals surface area (Å²) in [6, 6.07) is 1.28. The third-order valence-corrected chi connectivity index (χ3v) is 1.87. The van der Waals surface area contributed by atoms with E-state index in [1.54, 1.807) is 0 Å². The molecule has 0 aliphatic heterocycles. The van der Waals surface area contributed by atoms with Crippen molar-refractivity contribution >= 4 is 5.91 Å². The largest absolute Gasteiger partial charge is 0.494 e. The number of carbonyl (C=O) groups is 1. The number of H-pyrrole nitrogens is 1. The second-order valence-corrected chi connectivity index (χ2v) is 3.15. The summed E-state index contributed by atoms with van der Waals surface area (Å²) in [5.41, 5.74) is -0.664. The van der Waals surface area contributed by atoms with E-state index in [9.17, 15) is 9.59 Å². The van der Waals surface area contributed by atoms with E-state index in [4.69, 9.17) is 15.3 Å². The van der Waals surface area contributed by atoms with Crippen molar-refractivity contribution in [2.75, 3.05) is 13.2 Å². The maximum Gasteiger partial charge on any atom is 0.252 e. The lowest BCUT2D eigenvalue weighted by Gasteiger charge is -2.12.